The van der Waals surface area contributed by atoms with Crippen molar-refractivity contribution in [1.82, 2.24) is 9.88 Å². The maximum Gasteiger partial charge on any atom is 0.425 e. The van der Waals surface area contributed by atoms with E-state index >= 15 is 0 Å². The van der Waals surface area contributed by atoms with Crippen LogP contribution in [0.5, 0.6) is 0 Å². The molecule has 55 heavy (non-hydrogen) atoms. The van der Waals surface area contributed by atoms with Gasteiger partial charge in [0.2, 0.25) is 5.91 Å². The lowest BCUT2D eigenvalue weighted by molar-refractivity contribution is -0.131. The van der Waals surface area contributed by atoms with Crippen LogP contribution in [0.1, 0.15) is 82.7 Å². The Labute approximate surface area is 320 Å². The molecule has 2 atom stereocenters. The number of fused-ring (bicyclic) bond motifs is 10. The SMILES string of the molecule is Cc1cc2ccc1[C@@H](C)COC(=O)Nc1ccc(S(=O)(=O)C(C)(C)C)c(c1)CN(C)C(=O)C2Nc1ccc2c(N(C(=O)O)C(=O)OC(C)(C)C)nccc2c1. The molecule has 3 N–H and O–H groups in total. The smallest absolute Gasteiger partial charge is 0.425 e. The molecule has 0 radical (unpaired) electrons. The maximum atomic E-state index is 14.6. The van der Waals surface area contributed by atoms with Gasteiger partial charge in [0, 0.05) is 42.5 Å². The number of carbonyl (C=O) groups excluding carboxylic acids is 3. The molecule has 4 amide bonds. The van der Waals surface area contributed by atoms with Gasteiger partial charge in [-0.05, 0) is 119 Å². The molecule has 3 heterocycles. The van der Waals surface area contributed by atoms with Crippen molar-refractivity contribution in [2.75, 3.05) is 29.2 Å². The van der Waals surface area contributed by atoms with E-state index in [2.05, 4.69) is 15.6 Å². The monoisotopic (exact) mass is 773 g/mol. The number of ether oxygens (including phenoxy) is 2. The van der Waals surface area contributed by atoms with Crippen molar-refractivity contribution in [2.24, 2.45) is 0 Å². The fraction of sp³-hybridized carbons (Fsp3) is 0.375. The molecule has 6 rings (SSSR count). The van der Waals surface area contributed by atoms with E-state index < -0.39 is 44.5 Å². The lowest BCUT2D eigenvalue weighted by atomic mass is 9.93. The number of nitrogens with zero attached hydrogens (tertiary/aromatic N) is 3. The molecule has 2 aliphatic rings. The van der Waals surface area contributed by atoms with Gasteiger partial charge in [0.1, 0.15) is 11.6 Å². The third-order valence-corrected chi connectivity index (χ3v) is 11.7. The van der Waals surface area contributed by atoms with Crippen molar-refractivity contribution in [3.05, 3.63) is 89.1 Å². The standard InChI is InChI=1S/C40H47N5O9S/c1-23-18-26-10-13-30(23)24(2)22-53-36(47)43-29-12-15-32(55(51,52)40(6,7)8)27(20-29)21-44(9)35(46)33(26)42-28-11-14-31-25(19-28)16-17-41-34(31)45(37(48)49)38(50)54-39(3,4)5/h10-20,24,33,42H,21-22H2,1-9H3,(H,43,47)(H,48,49)/t24-,33?/m0/s1. The zero-order chi connectivity index (χ0) is 40.6. The third-order valence-electron chi connectivity index (χ3n) is 9.09. The van der Waals surface area contributed by atoms with Gasteiger partial charge in [-0.25, -0.2) is 27.8 Å². The number of amides is 4. The Balaban J connectivity index is 1.59. The van der Waals surface area contributed by atoms with Crippen LogP contribution >= 0.6 is 0 Å². The van der Waals surface area contributed by atoms with Crippen molar-refractivity contribution in [2.45, 2.75) is 89.1 Å². The van der Waals surface area contributed by atoms with Crippen LogP contribution in [0.15, 0.2) is 71.8 Å². The molecule has 0 saturated heterocycles. The molecule has 3 aromatic carbocycles. The largest absolute Gasteiger partial charge is 0.464 e. The van der Waals surface area contributed by atoms with E-state index in [1.54, 1.807) is 72.9 Å². The second kappa shape index (κ2) is 15.2. The zero-order valence-corrected chi connectivity index (χ0v) is 33.2. The first-order valence-electron chi connectivity index (χ1n) is 17.7. The van der Waals surface area contributed by atoms with Crippen LogP contribution in [0.4, 0.5) is 31.6 Å². The van der Waals surface area contributed by atoms with Crippen molar-refractivity contribution in [3.8, 4) is 0 Å². The number of aryl methyl sites for hydroxylation is 1. The van der Waals surface area contributed by atoms with Crippen molar-refractivity contribution in [1.29, 1.82) is 0 Å². The number of carboxylic acid groups (broad SMARTS) is 1. The Kier molecular flexibility index (Phi) is 11.2. The Hall–Kier alpha value is -5.70. The predicted octanol–water partition coefficient (Wildman–Crippen LogP) is 8.01. The summed E-state index contributed by atoms with van der Waals surface area (Å²) in [6, 6.07) is 15.7. The minimum Gasteiger partial charge on any atom is -0.464 e. The van der Waals surface area contributed by atoms with E-state index in [9.17, 15) is 32.7 Å². The molecule has 14 nitrogen and oxygen atoms in total. The van der Waals surface area contributed by atoms with Gasteiger partial charge >= 0.3 is 18.3 Å². The number of rotatable bonds is 4. The van der Waals surface area contributed by atoms with Crippen LogP contribution in [0.2, 0.25) is 0 Å². The lowest BCUT2D eigenvalue weighted by Gasteiger charge is -2.29. The van der Waals surface area contributed by atoms with E-state index in [1.165, 1.54) is 29.3 Å². The molecule has 1 aromatic heterocycles. The normalized spacial score (nSPS) is 17.0. The summed E-state index contributed by atoms with van der Waals surface area (Å²) in [6.07, 6.45) is -1.99. The van der Waals surface area contributed by atoms with Gasteiger partial charge in [0.05, 0.1) is 16.2 Å². The molecule has 0 aliphatic carbocycles. The van der Waals surface area contributed by atoms with Crippen LogP contribution in [0.3, 0.4) is 0 Å². The molecule has 0 spiro atoms. The number of aromatic nitrogens is 1. The molecule has 2 aliphatic heterocycles. The van der Waals surface area contributed by atoms with Crippen LogP contribution in [0, 0.1) is 6.92 Å². The van der Waals surface area contributed by atoms with Crippen LogP contribution < -0.4 is 15.5 Å². The molecule has 0 saturated carbocycles. The highest BCUT2D eigenvalue weighted by atomic mass is 32.2. The molecule has 4 aromatic rings. The number of sulfone groups is 1. The first kappa shape index (κ1) is 40.5. The average Bonchev–Trinajstić information content (AvgIpc) is 3.07. The van der Waals surface area contributed by atoms with Crippen molar-refractivity contribution >= 4 is 62.0 Å². The van der Waals surface area contributed by atoms with Gasteiger partial charge < -0.3 is 24.8 Å². The van der Waals surface area contributed by atoms with Gasteiger partial charge in [-0.15, -0.1) is 0 Å². The summed E-state index contributed by atoms with van der Waals surface area (Å²) in [5, 5.41) is 16.9. The van der Waals surface area contributed by atoms with Gasteiger partial charge in [0.25, 0.3) is 0 Å². The van der Waals surface area contributed by atoms with Gasteiger partial charge in [-0.1, -0.05) is 25.1 Å². The number of carbonyl (C=O) groups is 4. The first-order chi connectivity index (χ1) is 25.6. The van der Waals surface area contributed by atoms with E-state index in [0.29, 0.717) is 38.2 Å². The van der Waals surface area contributed by atoms with E-state index in [4.69, 9.17) is 9.47 Å². The number of pyridine rings is 1. The second-order valence-corrected chi connectivity index (χ2v) is 18.3. The van der Waals surface area contributed by atoms with Gasteiger partial charge in [-0.2, -0.15) is 4.90 Å². The van der Waals surface area contributed by atoms with E-state index in [1.807, 2.05) is 32.0 Å². The molecule has 15 heteroatoms. The quantitative estimate of drug-likeness (QED) is 0.183. The molecule has 292 valence electrons. The number of hydrogen-bond donors (Lipinski definition) is 3. The highest BCUT2D eigenvalue weighted by molar-refractivity contribution is 7.92. The molecule has 4 bridgehead atoms. The van der Waals surface area contributed by atoms with Crippen molar-refractivity contribution in [3.63, 3.8) is 0 Å². The second-order valence-electron chi connectivity index (χ2n) is 15.6. The Morgan fingerprint density at radius 3 is 2.36 bits per heavy atom. The number of likely N-dealkylation sites (N-methyl/N-ethyl adjacent to an activating group) is 1. The van der Waals surface area contributed by atoms with Crippen LogP contribution in [0.25, 0.3) is 10.8 Å². The number of anilines is 3. The number of hydrogen-bond acceptors (Lipinski definition) is 10. The minimum absolute atomic E-state index is 0.0266. The highest BCUT2D eigenvalue weighted by Crippen LogP contribution is 2.34. The maximum absolute atomic E-state index is 14.6. The molecule has 0 fully saturated rings. The van der Waals surface area contributed by atoms with Gasteiger partial charge in [-0.3, -0.25) is 10.1 Å². The summed E-state index contributed by atoms with van der Waals surface area (Å²) in [6.45, 7) is 13.4. The van der Waals surface area contributed by atoms with Crippen molar-refractivity contribution < 1.29 is 42.2 Å². The first-order valence-corrected chi connectivity index (χ1v) is 19.1. The average molecular weight is 774 g/mol. The van der Waals surface area contributed by atoms with E-state index in [-0.39, 0.29) is 35.7 Å². The minimum atomic E-state index is -3.88. The molecular weight excluding hydrogens is 727 g/mol. The summed E-state index contributed by atoms with van der Waals surface area (Å²) in [7, 11) is -2.31. The topological polar surface area (TPSA) is 185 Å². The Morgan fingerprint density at radius 2 is 1.73 bits per heavy atom. The van der Waals surface area contributed by atoms with Crippen LogP contribution in [-0.2, 0) is 30.7 Å². The summed E-state index contributed by atoms with van der Waals surface area (Å²) < 4.78 is 37.2. The Bertz CT molecular complexity index is 2280. The third kappa shape index (κ3) is 8.83. The van der Waals surface area contributed by atoms with Gasteiger partial charge in [0.15, 0.2) is 15.7 Å². The fourth-order valence-corrected chi connectivity index (χ4v) is 7.62. The lowest BCUT2D eigenvalue weighted by Crippen LogP contribution is -2.40. The number of nitrogens with one attached hydrogen (secondary N) is 2. The molecule has 1 unspecified atom stereocenters. The summed E-state index contributed by atoms with van der Waals surface area (Å²) in [5.74, 6) is -0.724. The predicted molar refractivity (Wildman–Crippen MR) is 209 cm³/mol. The fourth-order valence-electron chi connectivity index (χ4n) is 6.25. The number of imide groups is 1. The van der Waals surface area contributed by atoms with E-state index in [0.717, 1.165) is 11.1 Å². The zero-order valence-electron chi connectivity index (χ0n) is 32.4. The summed E-state index contributed by atoms with van der Waals surface area (Å²) in [4.78, 5) is 58.7. The summed E-state index contributed by atoms with van der Waals surface area (Å²) >= 11 is 0. The molecular formula is C40H47N5O9S. The highest BCUT2D eigenvalue weighted by Gasteiger charge is 2.35. The Morgan fingerprint density at radius 1 is 1.02 bits per heavy atom. The summed E-state index contributed by atoms with van der Waals surface area (Å²) in [5.41, 5.74) is 2.53. The van der Waals surface area contributed by atoms with Crippen LogP contribution in [-0.4, -0.2) is 71.6 Å². The number of benzene rings is 3.